The molecule has 0 saturated carbocycles. The van der Waals surface area contributed by atoms with Gasteiger partial charge in [-0.2, -0.15) is 0 Å². The topological polar surface area (TPSA) is 45.6 Å². The number of aromatic nitrogens is 1. The first-order valence-corrected chi connectivity index (χ1v) is 10.3. The molecule has 2 heterocycles. The maximum atomic E-state index is 13.2. The molecule has 0 bridgehead atoms. The number of nitrogens with zero attached hydrogens (tertiary/aromatic N) is 3. The van der Waals surface area contributed by atoms with Crippen LogP contribution in [-0.2, 0) is 4.79 Å². The van der Waals surface area contributed by atoms with E-state index in [2.05, 4.69) is 4.90 Å². The minimum atomic E-state index is -0.470. The zero-order valence-electron chi connectivity index (χ0n) is 15.7. The molecule has 0 aliphatic carbocycles. The van der Waals surface area contributed by atoms with Crippen LogP contribution < -0.4 is 10.5 Å². The summed E-state index contributed by atoms with van der Waals surface area (Å²) in [5.41, 5.74) is 0.868. The van der Waals surface area contributed by atoms with Crippen molar-refractivity contribution in [1.82, 2.24) is 8.86 Å². The summed E-state index contributed by atoms with van der Waals surface area (Å²) in [6.45, 7) is 4.50. The first kappa shape index (κ1) is 18.7. The Morgan fingerprint density at radius 2 is 1.75 bits per heavy atom. The van der Waals surface area contributed by atoms with Crippen molar-refractivity contribution in [3.63, 3.8) is 0 Å². The number of halogens is 1. The molecule has 7 heteroatoms. The lowest BCUT2D eigenvalue weighted by Gasteiger charge is -2.37. The van der Waals surface area contributed by atoms with Gasteiger partial charge in [-0.1, -0.05) is 30.6 Å². The van der Waals surface area contributed by atoms with Crippen molar-refractivity contribution in [2.45, 2.75) is 19.4 Å². The smallest absolute Gasteiger partial charge is 0.269 e. The molecule has 1 fully saturated rings. The van der Waals surface area contributed by atoms with Crippen LogP contribution in [-0.4, -0.2) is 40.9 Å². The molecule has 2 aromatic carbocycles. The van der Waals surface area contributed by atoms with Crippen LogP contribution in [0.15, 0.2) is 53.3 Å². The summed E-state index contributed by atoms with van der Waals surface area (Å²) < 4.78 is 15.6. The third-order valence-electron chi connectivity index (χ3n) is 5.25. The van der Waals surface area contributed by atoms with Gasteiger partial charge in [0, 0.05) is 31.9 Å². The Labute approximate surface area is 166 Å². The quantitative estimate of drug-likeness (QED) is 0.675. The van der Waals surface area contributed by atoms with Gasteiger partial charge in [-0.15, -0.1) is 0 Å². The molecule has 3 aromatic rings. The zero-order chi connectivity index (χ0) is 19.7. The van der Waals surface area contributed by atoms with E-state index in [0.29, 0.717) is 38.0 Å². The van der Waals surface area contributed by atoms with Crippen LogP contribution in [0.4, 0.5) is 10.1 Å². The molecule has 1 aromatic heterocycles. The second-order valence-corrected chi connectivity index (χ2v) is 7.95. The Hall–Kier alpha value is -2.67. The summed E-state index contributed by atoms with van der Waals surface area (Å²) in [7, 11) is 0. The summed E-state index contributed by atoms with van der Waals surface area (Å²) in [6.07, 6.45) is 0.573. The van der Waals surface area contributed by atoms with Crippen molar-refractivity contribution in [2.75, 3.05) is 31.1 Å². The maximum Gasteiger partial charge on any atom is 0.269 e. The lowest BCUT2D eigenvalue weighted by Crippen LogP contribution is -2.51. The molecule has 146 valence electrons. The summed E-state index contributed by atoms with van der Waals surface area (Å²) in [5.74, 6) is -0.257. The minimum absolute atomic E-state index is 0.00471. The molecule has 1 aliphatic rings. The molecule has 1 amide bonds. The second kappa shape index (κ2) is 7.75. The number of amides is 1. The van der Waals surface area contributed by atoms with E-state index in [4.69, 9.17) is 0 Å². The normalized spacial score (nSPS) is 15.8. The predicted molar refractivity (Wildman–Crippen MR) is 111 cm³/mol. The van der Waals surface area contributed by atoms with Gasteiger partial charge in [-0.25, -0.2) is 4.39 Å². The van der Waals surface area contributed by atoms with Crippen LogP contribution in [0.25, 0.3) is 10.1 Å². The first-order chi connectivity index (χ1) is 13.6. The average molecular weight is 399 g/mol. The summed E-state index contributed by atoms with van der Waals surface area (Å²) in [6, 6.07) is 13.4. The largest absolute Gasteiger partial charge is 0.368 e. The van der Waals surface area contributed by atoms with E-state index in [-0.39, 0.29) is 17.3 Å². The van der Waals surface area contributed by atoms with E-state index in [1.54, 1.807) is 16.1 Å². The van der Waals surface area contributed by atoms with Crippen molar-refractivity contribution in [1.29, 1.82) is 0 Å². The number of carbonyl (C=O) groups excluding carboxylic acids is 1. The molecule has 4 rings (SSSR count). The zero-order valence-corrected chi connectivity index (χ0v) is 16.5. The van der Waals surface area contributed by atoms with Crippen molar-refractivity contribution in [3.8, 4) is 0 Å². The standard InChI is InChI=1S/C21H22FN3O2S/c1-2-18(25-20(26)17-5-3-4-6-19(17)28-25)21(27)24-13-11-23(12-14-24)16-9-7-15(22)8-10-16/h3-10,18H,2,11-14H2,1H3/t18-/m1/s1. The molecular weight excluding hydrogens is 377 g/mol. The number of hydrogen-bond donors (Lipinski definition) is 0. The summed E-state index contributed by atoms with van der Waals surface area (Å²) >= 11 is 1.36. The molecule has 1 saturated heterocycles. The average Bonchev–Trinajstić information content (AvgIpc) is 3.06. The Morgan fingerprint density at radius 1 is 1.07 bits per heavy atom. The van der Waals surface area contributed by atoms with E-state index in [1.165, 1.54) is 23.7 Å². The summed E-state index contributed by atoms with van der Waals surface area (Å²) in [4.78, 5) is 29.9. The predicted octanol–water partition coefficient (Wildman–Crippen LogP) is 3.50. The number of hydrogen-bond acceptors (Lipinski definition) is 4. The van der Waals surface area contributed by atoms with E-state index in [1.807, 2.05) is 36.1 Å². The first-order valence-electron chi connectivity index (χ1n) is 9.48. The van der Waals surface area contributed by atoms with Crippen LogP contribution >= 0.6 is 11.5 Å². The van der Waals surface area contributed by atoms with Gasteiger partial charge in [0.05, 0.1) is 10.1 Å². The Kier molecular flexibility index (Phi) is 5.17. The van der Waals surface area contributed by atoms with Crippen LogP contribution in [0, 0.1) is 5.82 Å². The number of benzene rings is 2. The van der Waals surface area contributed by atoms with Gasteiger partial charge in [0.25, 0.3) is 5.56 Å². The van der Waals surface area contributed by atoms with Crippen LogP contribution in [0.1, 0.15) is 19.4 Å². The molecule has 28 heavy (non-hydrogen) atoms. The Morgan fingerprint density at radius 3 is 2.39 bits per heavy atom. The van der Waals surface area contributed by atoms with Gasteiger partial charge in [-0.05, 0) is 42.8 Å². The number of rotatable bonds is 4. The second-order valence-electron chi connectivity index (χ2n) is 6.93. The van der Waals surface area contributed by atoms with Crippen LogP contribution in [0.2, 0.25) is 0 Å². The molecule has 1 atom stereocenters. The van der Waals surface area contributed by atoms with E-state index < -0.39 is 6.04 Å². The minimum Gasteiger partial charge on any atom is -0.368 e. The monoisotopic (exact) mass is 399 g/mol. The number of piperazine rings is 1. The van der Waals surface area contributed by atoms with Crippen LogP contribution in [0.5, 0.6) is 0 Å². The third-order valence-corrected chi connectivity index (χ3v) is 6.42. The highest BCUT2D eigenvalue weighted by Crippen LogP contribution is 2.24. The number of fused-ring (bicyclic) bond motifs is 1. The molecule has 0 spiro atoms. The fourth-order valence-corrected chi connectivity index (χ4v) is 4.84. The van der Waals surface area contributed by atoms with E-state index in [0.717, 1.165) is 10.4 Å². The molecule has 0 N–H and O–H groups in total. The Bertz CT molecular complexity index is 1040. The van der Waals surface area contributed by atoms with Crippen molar-refractivity contribution < 1.29 is 9.18 Å². The van der Waals surface area contributed by atoms with Gasteiger partial charge in [0.2, 0.25) is 5.91 Å². The lowest BCUT2D eigenvalue weighted by molar-refractivity contribution is -0.135. The highest BCUT2D eigenvalue weighted by Gasteiger charge is 2.29. The van der Waals surface area contributed by atoms with Crippen molar-refractivity contribution in [2.24, 2.45) is 0 Å². The molecule has 0 unspecified atom stereocenters. The summed E-state index contributed by atoms with van der Waals surface area (Å²) in [5, 5.41) is 0.667. The fourth-order valence-electron chi connectivity index (χ4n) is 3.68. The van der Waals surface area contributed by atoms with Gasteiger partial charge in [0.1, 0.15) is 11.9 Å². The van der Waals surface area contributed by atoms with Crippen molar-refractivity contribution in [3.05, 3.63) is 64.7 Å². The maximum absolute atomic E-state index is 13.2. The van der Waals surface area contributed by atoms with Gasteiger partial charge < -0.3 is 9.80 Å². The molecule has 1 aliphatic heterocycles. The van der Waals surface area contributed by atoms with Crippen molar-refractivity contribution >= 4 is 33.2 Å². The third kappa shape index (κ3) is 3.42. The van der Waals surface area contributed by atoms with Gasteiger partial charge in [-0.3, -0.25) is 13.5 Å². The molecule has 5 nitrogen and oxygen atoms in total. The van der Waals surface area contributed by atoms with Gasteiger partial charge >= 0.3 is 0 Å². The highest BCUT2D eigenvalue weighted by atomic mass is 32.1. The van der Waals surface area contributed by atoms with E-state index in [9.17, 15) is 14.0 Å². The lowest BCUT2D eigenvalue weighted by atomic mass is 10.1. The molecule has 0 radical (unpaired) electrons. The fraction of sp³-hybridized carbons (Fsp3) is 0.333. The van der Waals surface area contributed by atoms with Crippen LogP contribution in [0.3, 0.4) is 0 Å². The van der Waals surface area contributed by atoms with Gasteiger partial charge in [0.15, 0.2) is 0 Å². The number of anilines is 1. The molecular formula is C21H22FN3O2S. The number of carbonyl (C=O) groups is 1. The SMILES string of the molecule is CC[C@H](C(=O)N1CCN(c2ccc(F)cc2)CC1)n1sc2ccccc2c1=O. The Balaban J connectivity index is 1.49. The van der Waals surface area contributed by atoms with E-state index >= 15 is 0 Å². The highest BCUT2D eigenvalue weighted by molar-refractivity contribution is 7.14.